The number of carbonyl (C=O) groups is 1. The molecule has 0 aliphatic carbocycles. The molecule has 0 aliphatic heterocycles. The van der Waals surface area contributed by atoms with Crippen molar-refractivity contribution in [3.63, 3.8) is 0 Å². The van der Waals surface area contributed by atoms with Crippen LogP contribution in [0, 0.1) is 5.92 Å². The molecule has 1 heterocycles. The van der Waals surface area contributed by atoms with Gasteiger partial charge in [-0.1, -0.05) is 29.8 Å². The van der Waals surface area contributed by atoms with Gasteiger partial charge in [0.25, 0.3) is 0 Å². The molecule has 0 fully saturated rings. The zero-order valence-corrected chi connectivity index (χ0v) is 13.4. The maximum atomic E-state index is 12.1. The number of imidazole rings is 1. The Morgan fingerprint density at radius 3 is 2.80 bits per heavy atom. The lowest BCUT2D eigenvalue weighted by Crippen LogP contribution is -2.40. The van der Waals surface area contributed by atoms with Crippen molar-refractivity contribution < 1.29 is 4.79 Å². The summed E-state index contributed by atoms with van der Waals surface area (Å²) < 4.78 is 2.93. The second kappa shape index (κ2) is 5.93. The van der Waals surface area contributed by atoms with E-state index in [1.54, 1.807) is 0 Å². The quantitative estimate of drug-likeness (QED) is 0.900. The number of aryl methyl sites for hydroxylation is 1. The largest absolute Gasteiger partial charge is 0.320 e. The molecule has 6 heteroatoms. The molecule has 0 unspecified atom stereocenters. The minimum Gasteiger partial charge on any atom is -0.320 e. The fourth-order valence-corrected chi connectivity index (χ4v) is 2.36. The fourth-order valence-electron chi connectivity index (χ4n) is 2.01. The number of aromatic nitrogens is 2. The summed E-state index contributed by atoms with van der Waals surface area (Å²) >= 11 is 3.42. The summed E-state index contributed by atoms with van der Waals surface area (Å²) in [6, 6.07) is 5.33. The molecular formula is C14H19BrN4O. The Balaban J connectivity index is 2.37. The van der Waals surface area contributed by atoms with Crippen molar-refractivity contribution >= 4 is 38.8 Å². The molecule has 108 valence electrons. The number of nitrogens with zero attached hydrogens (tertiary/aromatic N) is 2. The van der Waals surface area contributed by atoms with Crippen LogP contribution < -0.4 is 11.1 Å². The maximum Gasteiger partial charge on any atom is 0.243 e. The van der Waals surface area contributed by atoms with Crippen LogP contribution in [0.15, 0.2) is 22.7 Å². The molecule has 5 nitrogen and oxygen atoms in total. The van der Waals surface area contributed by atoms with Gasteiger partial charge in [0.2, 0.25) is 11.9 Å². The molecule has 0 saturated heterocycles. The molecular weight excluding hydrogens is 320 g/mol. The van der Waals surface area contributed by atoms with Crippen molar-refractivity contribution in [1.82, 2.24) is 9.55 Å². The van der Waals surface area contributed by atoms with Crippen molar-refractivity contribution in [2.45, 2.75) is 33.4 Å². The maximum absolute atomic E-state index is 12.1. The molecule has 0 saturated carbocycles. The van der Waals surface area contributed by atoms with E-state index in [1.807, 2.05) is 43.5 Å². The summed E-state index contributed by atoms with van der Waals surface area (Å²) in [6.45, 7) is 6.58. The second-order valence-electron chi connectivity index (χ2n) is 5.07. The molecule has 0 spiro atoms. The van der Waals surface area contributed by atoms with Crippen molar-refractivity contribution in [1.29, 1.82) is 0 Å². The van der Waals surface area contributed by atoms with Gasteiger partial charge in [0, 0.05) is 11.0 Å². The van der Waals surface area contributed by atoms with Crippen LogP contribution in [-0.2, 0) is 11.3 Å². The molecule has 2 rings (SSSR count). The number of nitrogens with one attached hydrogen (secondary N) is 1. The zero-order chi connectivity index (χ0) is 14.9. The first kappa shape index (κ1) is 15.0. The van der Waals surface area contributed by atoms with Gasteiger partial charge in [-0.3, -0.25) is 10.1 Å². The van der Waals surface area contributed by atoms with Gasteiger partial charge in [-0.15, -0.1) is 0 Å². The average molecular weight is 339 g/mol. The number of halogens is 1. The topological polar surface area (TPSA) is 72.9 Å². The SMILES string of the molecule is CCn1c(NC(=O)[C@@H](N)C(C)C)nc2cc(Br)ccc21. The third-order valence-corrected chi connectivity index (χ3v) is 3.78. The van der Waals surface area contributed by atoms with Gasteiger partial charge >= 0.3 is 0 Å². The number of carbonyl (C=O) groups excluding carboxylic acids is 1. The van der Waals surface area contributed by atoms with Gasteiger partial charge in [0.1, 0.15) is 0 Å². The van der Waals surface area contributed by atoms with E-state index in [9.17, 15) is 4.79 Å². The number of anilines is 1. The first-order chi connectivity index (χ1) is 9.43. The van der Waals surface area contributed by atoms with Gasteiger partial charge in [-0.25, -0.2) is 4.98 Å². The number of hydrogen-bond donors (Lipinski definition) is 2. The number of fused-ring (bicyclic) bond motifs is 1. The highest BCUT2D eigenvalue weighted by molar-refractivity contribution is 9.10. The van der Waals surface area contributed by atoms with Crippen molar-refractivity contribution in [3.8, 4) is 0 Å². The van der Waals surface area contributed by atoms with E-state index in [-0.39, 0.29) is 11.8 Å². The summed E-state index contributed by atoms with van der Waals surface area (Å²) in [7, 11) is 0. The molecule has 1 amide bonds. The Morgan fingerprint density at radius 1 is 1.50 bits per heavy atom. The Kier molecular flexibility index (Phi) is 4.45. The first-order valence-corrected chi connectivity index (χ1v) is 7.45. The lowest BCUT2D eigenvalue weighted by atomic mass is 10.1. The molecule has 3 N–H and O–H groups in total. The predicted octanol–water partition coefficient (Wildman–Crippen LogP) is 2.74. The molecule has 1 aromatic carbocycles. The van der Waals surface area contributed by atoms with Crippen LogP contribution in [0.25, 0.3) is 11.0 Å². The highest BCUT2D eigenvalue weighted by Gasteiger charge is 2.20. The molecule has 20 heavy (non-hydrogen) atoms. The number of rotatable bonds is 4. The Hall–Kier alpha value is -1.40. The summed E-state index contributed by atoms with van der Waals surface area (Å²) in [6.07, 6.45) is 0. The number of hydrogen-bond acceptors (Lipinski definition) is 3. The number of benzene rings is 1. The number of nitrogens with two attached hydrogens (primary N) is 1. The van der Waals surface area contributed by atoms with Crippen molar-refractivity contribution in [3.05, 3.63) is 22.7 Å². The lowest BCUT2D eigenvalue weighted by molar-refractivity contribution is -0.118. The summed E-state index contributed by atoms with van der Waals surface area (Å²) in [4.78, 5) is 16.5. The van der Waals surface area contributed by atoms with Crippen molar-refractivity contribution in [2.24, 2.45) is 11.7 Å². The Morgan fingerprint density at radius 2 is 2.20 bits per heavy atom. The van der Waals surface area contributed by atoms with Crippen LogP contribution in [-0.4, -0.2) is 21.5 Å². The Bertz CT molecular complexity index is 635. The van der Waals surface area contributed by atoms with Gasteiger partial charge in [0.15, 0.2) is 0 Å². The highest BCUT2D eigenvalue weighted by atomic mass is 79.9. The molecule has 1 aromatic heterocycles. The van der Waals surface area contributed by atoms with Crippen LogP contribution in [0.3, 0.4) is 0 Å². The highest BCUT2D eigenvalue weighted by Crippen LogP contribution is 2.23. The zero-order valence-electron chi connectivity index (χ0n) is 11.9. The third-order valence-electron chi connectivity index (χ3n) is 3.28. The smallest absolute Gasteiger partial charge is 0.243 e. The van der Waals surface area contributed by atoms with Crippen LogP contribution in [0.4, 0.5) is 5.95 Å². The summed E-state index contributed by atoms with van der Waals surface area (Å²) in [5.41, 5.74) is 7.69. The van der Waals surface area contributed by atoms with E-state index in [4.69, 9.17) is 5.73 Å². The lowest BCUT2D eigenvalue weighted by Gasteiger charge is -2.15. The van der Waals surface area contributed by atoms with Gasteiger partial charge in [-0.2, -0.15) is 0 Å². The first-order valence-electron chi connectivity index (χ1n) is 6.66. The van der Waals surface area contributed by atoms with Crippen LogP contribution >= 0.6 is 15.9 Å². The van der Waals surface area contributed by atoms with Crippen LogP contribution in [0.1, 0.15) is 20.8 Å². The molecule has 2 aromatic rings. The summed E-state index contributed by atoms with van der Waals surface area (Å²) in [5.74, 6) is 0.425. The predicted molar refractivity (Wildman–Crippen MR) is 84.6 cm³/mol. The van der Waals surface area contributed by atoms with E-state index < -0.39 is 6.04 Å². The van der Waals surface area contributed by atoms with Crippen LogP contribution in [0.5, 0.6) is 0 Å². The standard InChI is InChI=1S/C14H19BrN4O/c1-4-19-11-6-5-9(15)7-10(11)17-14(19)18-13(20)12(16)8(2)3/h5-8,12H,4,16H2,1-3H3,(H,17,18,20)/t12-/m0/s1. The third kappa shape index (κ3) is 2.86. The van der Waals surface area contributed by atoms with E-state index in [2.05, 4.69) is 26.2 Å². The van der Waals surface area contributed by atoms with E-state index in [0.29, 0.717) is 5.95 Å². The van der Waals surface area contributed by atoms with Gasteiger partial charge in [-0.05, 0) is 31.0 Å². The van der Waals surface area contributed by atoms with E-state index >= 15 is 0 Å². The minimum absolute atomic E-state index is 0.0867. The molecule has 0 aliphatic rings. The van der Waals surface area contributed by atoms with E-state index in [1.165, 1.54) is 0 Å². The normalized spacial score (nSPS) is 12.9. The second-order valence-corrected chi connectivity index (χ2v) is 5.99. The van der Waals surface area contributed by atoms with Crippen LogP contribution in [0.2, 0.25) is 0 Å². The van der Waals surface area contributed by atoms with Gasteiger partial charge in [0.05, 0.1) is 17.1 Å². The Labute approximate surface area is 126 Å². The van der Waals surface area contributed by atoms with E-state index in [0.717, 1.165) is 22.1 Å². The van der Waals surface area contributed by atoms with Crippen molar-refractivity contribution in [2.75, 3.05) is 5.32 Å². The number of amides is 1. The summed E-state index contributed by atoms with van der Waals surface area (Å²) in [5, 5.41) is 2.82. The minimum atomic E-state index is -0.535. The molecule has 1 atom stereocenters. The molecule has 0 bridgehead atoms. The average Bonchev–Trinajstić information content (AvgIpc) is 2.73. The van der Waals surface area contributed by atoms with Gasteiger partial charge < -0.3 is 10.3 Å². The monoisotopic (exact) mass is 338 g/mol. The fraction of sp³-hybridized carbons (Fsp3) is 0.429. The molecule has 0 radical (unpaired) electrons.